The fourth-order valence-corrected chi connectivity index (χ4v) is 1.62. The summed E-state index contributed by atoms with van der Waals surface area (Å²) in [5.74, 6) is 1.40. The van der Waals surface area contributed by atoms with E-state index in [2.05, 4.69) is 11.1 Å². The number of benzene rings is 1. The van der Waals surface area contributed by atoms with Crippen LogP contribution >= 0.6 is 0 Å². The summed E-state index contributed by atoms with van der Waals surface area (Å²) in [7, 11) is 3.25. The molecule has 2 rings (SSSR count). The van der Waals surface area contributed by atoms with Gasteiger partial charge in [0.25, 0.3) is 0 Å². The zero-order chi connectivity index (χ0) is 10.8. The van der Waals surface area contributed by atoms with Crippen molar-refractivity contribution in [1.82, 2.24) is 4.98 Å². The van der Waals surface area contributed by atoms with Crippen molar-refractivity contribution in [3.8, 4) is 11.5 Å². The van der Waals surface area contributed by atoms with Gasteiger partial charge in [-0.3, -0.25) is 0 Å². The number of fused-ring (bicyclic) bond motifs is 1. The quantitative estimate of drug-likeness (QED) is 0.671. The van der Waals surface area contributed by atoms with Crippen LogP contribution in [0.5, 0.6) is 11.5 Å². The minimum atomic E-state index is 0.690. The van der Waals surface area contributed by atoms with Crippen LogP contribution in [0.3, 0.4) is 0 Å². The van der Waals surface area contributed by atoms with Crippen LogP contribution in [-0.2, 0) is 0 Å². The summed E-state index contributed by atoms with van der Waals surface area (Å²) in [6, 6.07) is 5.95. The van der Waals surface area contributed by atoms with Crippen LogP contribution < -0.4 is 13.7 Å². The Kier molecular flexibility index (Phi) is 2.85. The van der Waals surface area contributed by atoms with Gasteiger partial charge >= 0.3 is 97.4 Å². The van der Waals surface area contributed by atoms with Crippen molar-refractivity contribution in [2.45, 2.75) is 0 Å². The molecule has 1 aromatic heterocycles. The average Bonchev–Trinajstić information content (AvgIpc) is 2.27. The van der Waals surface area contributed by atoms with Crippen molar-refractivity contribution in [1.29, 1.82) is 0 Å². The van der Waals surface area contributed by atoms with Crippen LogP contribution in [-0.4, -0.2) is 36.9 Å². The van der Waals surface area contributed by atoms with E-state index in [1.807, 2.05) is 36.0 Å². The SMILES string of the molecule is [Li][c]1cnc2c(OC)c(OC)ccc2c1. The fourth-order valence-electron chi connectivity index (χ4n) is 1.62. The number of ether oxygens (including phenoxy) is 2. The Balaban J connectivity index is 2.76. The van der Waals surface area contributed by atoms with Gasteiger partial charge in [-0.05, 0) is 0 Å². The van der Waals surface area contributed by atoms with E-state index in [-0.39, 0.29) is 0 Å². The monoisotopic (exact) mass is 195 g/mol. The second kappa shape index (κ2) is 4.14. The van der Waals surface area contributed by atoms with Gasteiger partial charge in [-0.2, -0.15) is 0 Å². The van der Waals surface area contributed by atoms with Crippen molar-refractivity contribution in [3.63, 3.8) is 0 Å². The molecule has 0 atom stereocenters. The topological polar surface area (TPSA) is 31.4 Å². The molecule has 4 heteroatoms. The van der Waals surface area contributed by atoms with Gasteiger partial charge in [0.1, 0.15) is 0 Å². The van der Waals surface area contributed by atoms with E-state index >= 15 is 0 Å². The van der Waals surface area contributed by atoms with Gasteiger partial charge in [0, 0.05) is 0 Å². The molecule has 0 aliphatic rings. The van der Waals surface area contributed by atoms with E-state index in [1.54, 1.807) is 14.2 Å². The third kappa shape index (κ3) is 1.81. The predicted octanol–water partition coefficient (Wildman–Crippen LogP) is 1.05. The first kappa shape index (κ1) is 10.3. The Bertz CT molecular complexity index is 499. The molecule has 0 aliphatic carbocycles. The Morgan fingerprint density at radius 1 is 1.20 bits per heavy atom. The molecule has 0 radical (unpaired) electrons. The first-order valence-electron chi connectivity index (χ1n) is 4.73. The molecule has 0 saturated heterocycles. The van der Waals surface area contributed by atoms with Gasteiger partial charge in [-0.1, -0.05) is 0 Å². The van der Waals surface area contributed by atoms with Gasteiger partial charge in [0.05, 0.1) is 0 Å². The van der Waals surface area contributed by atoms with Crippen LogP contribution in [0.1, 0.15) is 0 Å². The van der Waals surface area contributed by atoms with Crippen molar-refractivity contribution in [3.05, 3.63) is 24.4 Å². The predicted molar refractivity (Wildman–Crippen MR) is 60.2 cm³/mol. The Morgan fingerprint density at radius 2 is 2.00 bits per heavy atom. The second-order valence-corrected chi connectivity index (χ2v) is 3.39. The molecule has 1 aromatic carbocycles. The molecule has 0 amide bonds. The van der Waals surface area contributed by atoms with Crippen LogP contribution in [0, 0.1) is 0 Å². The Morgan fingerprint density at radius 3 is 2.67 bits per heavy atom. The van der Waals surface area contributed by atoms with Crippen molar-refractivity contribution in [2.75, 3.05) is 14.2 Å². The average molecular weight is 195 g/mol. The summed E-state index contributed by atoms with van der Waals surface area (Å²) >= 11 is 2.02. The third-order valence-electron chi connectivity index (χ3n) is 2.33. The van der Waals surface area contributed by atoms with Gasteiger partial charge < -0.3 is 0 Å². The van der Waals surface area contributed by atoms with Crippen molar-refractivity contribution in [2.24, 2.45) is 0 Å². The molecule has 0 N–H and O–H groups in total. The van der Waals surface area contributed by atoms with E-state index in [4.69, 9.17) is 9.47 Å². The van der Waals surface area contributed by atoms with E-state index in [9.17, 15) is 0 Å². The van der Waals surface area contributed by atoms with E-state index in [1.165, 1.54) is 0 Å². The normalized spacial score (nSPS) is 10.4. The first-order valence-corrected chi connectivity index (χ1v) is 4.73. The number of hydrogen-bond donors (Lipinski definition) is 0. The molecule has 72 valence electrons. The van der Waals surface area contributed by atoms with E-state index in [0.29, 0.717) is 11.5 Å². The summed E-state index contributed by atoms with van der Waals surface area (Å²) in [6.45, 7) is 0. The summed E-state index contributed by atoms with van der Waals surface area (Å²) < 4.78 is 11.6. The van der Waals surface area contributed by atoms with Gasteiger partial charge in [-0.15, -0.1) is 0 Å². The molecule has 15 heavy (non-hydrogen) atoms. The molecule has 1 heterocycles. The number of aromatic nitrogens is 1. The van der Waals surface area contributed by atoms with Gasteiger partial charge in [0.15, 0.2) is 0 Å². The number of rotatable bonds is 2. The maximum absolute atomic E-state index is 5.30. The summed E-state index contributed by atoms with van der Waals surface area (Å²) in [5.41, 5.74) is 0.836. The third-order valence-corrected chi connectivity index (χ3v) is 2.33. The number of pyridine rings is 1. The summed E-state index contributed by atoms with van der Waals surface area (Å²) in [6.07, 6.45) is 1.82. The van der Waals surface area contributed by atoms with Crippen molar-refractivity contribution >= 4 is 32.9 Å². The van der Waals surface area contributed by atoms with Gasteiger partial charge in [-0.25, -0.2) is 0 Å². The second-order valence-electron chi connectivity index (χ2n) is 3.39. The summed E-state index contributed by atoms with van der Waals surface area (Å²) in [4.78, 5) is 4.36. The van der Waals surface area contributed by atoms with Crippen LogP contribution in [0.4, 0.5) is 0 Å². The zero-order valence-corrected chi connectivity index (χ0v) is 9.07. The van der Waals surface area contributed by atoms with Crippen LogP contribution in [0.2, 0.25) is 0 Å². The fraction of sp³-hybridized carbons (Fsp3) is 0.182. The molecule has 0 fully saturated rings. The molecule has 0 spiro atoms. The van der Waals surface area contributed by atoms with Crippen molar-refractivity contribution < 1.29 is 9.47 Å². The number of hydrogen-bond acceptors (Lipinski definition) is 3. The molecule has 0 bridgehead atoms. The molecule has 0 aliphatic heterocycles. The van der Waals surface area contributed by atoms with Crippen LogP contribution in [0.15, 0.2) is 24.4 Å². The molecular weight excluding hydrogens is 185 g/mol. The molecule has 0 saturated carbocycles. The Hall–Kier alpha value is -1.17. The summed E-state index contributed by atoms with van der Waals surface area (Å²) in [5, 5.41) is 1.06. The molecular formula is C11H10LiNO2. The standard InChI is InChI=1S/C11H10NO2.Li/c1-13-9-6-5-8-4-3-7-12-10(8)11(9)14-2;/h4-7H,1-2H3;. The van der Waals surface area contributed by atoms with E-state index < -0.39 is 0 Å². The van der Waals surface area contributed by atoms with E-state index in [0.717, 1.165) is 15.1 Å². The molecule has 3 nitrogen and oxygen atoms in total. The number of methoxy groups -OCH3 is 2. The Labute approximate surface area is 97.6 Å². The zero-order valence-electron chi connectivity index (χ0n) is 9.07. The minimum absolute atomic E-state index is 0.690. The first-order chi connectivity index (χ1) is 7.26. The number of nitrogens with zero attached hydrogens (tertiary/aromatic N) is 1. The maximum atomic E-state index is 5.30. The van der Waals surface area contributed by atoms with Gasteiger partial charge in [0.2, 0.25) is 0 Å². The molecule has 2 aromatic rings. The van der Waals surface area contributed by atoms with Crippen LogP contribution in [0.25, 0.3) is 10.9 Å². The molecule has 0 unspecified atom stereocenters.